The zero-order valence-electron chi connectivity index (χ0n) is 18.6. The number of benzene rings is 1. The third kappa shape index (κ3) is 7.13. The molecule has 9 heteroatoms. The summed E-state index contributed by atoms with van der Waals surface area (Å²) in [5.41, 5.74) is 0.314. The van der Waals surface area contributed by atoms with Crippen molar-refractivity contribution in [1.29, 1.82) is 0 Å². The monoisotopic (exact) mass is 439 g/mol. The summed E-state index contributed by atoms with van der Waals surface area (Å²) in [5.74, 6) is 2.13. The third-order valence-electron chi connectivity index (χ3n) is 4.51. The highest BCUT2D eigenvalue weighted by Gasteiger charge is 2.27. The molecule has 2 rings (SSSR count). The smallest absolute Gasteiger partial charge is 0.387 e. The van der Waals surface area contributed by atoms with E-state index in [-0.39, 0.29) is 24.6 Å². The number of alkyl halides is 2. The van der Waals surface area contributed by atoms with Gasteiger partial charge < -0.3 is 29.6 Å². The number of aliphatic hydroxyl groups is 1. The lowest BCUT2D eigenvalue weighted by atomic mass is 9.96. The number of halogens is 2. The molecular weight excluding hydrogens is 408 g/mol. The van der Waals surface area contributed by atoms with Crippen LogP contribution in [0.4, 0.5) is 8.78 Å². The largest absolute Gasteiger partial charge is 0.490 e. The van der Waals surface area contributed by atoms with Crippen molar-refractivity contribution >= 4 is 5.96 Å². The number of nitrogens with zero attached hydrogens (tertiary/aromatic N) is 1. The van der Waals surface area contributed by atoms with Crippen molar-refractivity contribution < 1.29 is 27.8 Å². The minimum atomic E-state index is -2.93. The van der Waals surface area contributed by atoms with Crippen LogP contribution in [0.5, 0.6) is 11.5 Å². The molecule has 0 bridgehead atoms. The van der Waals surface area contributed by atoms with E-state index in [2.05, 4.69) is 20.4 Å². The van der Waals surface area contributed by atoms with Gasteiger partial charge in [0.25, 0.3) is 0 Å². The van der Waals surface area contributed by atoms with E-state index in [1.807, 2.05) is 26.8 Å². The molecule has 3 N–H and O–H groups in total. The fourth-order valence-electron chi connectivity index (χ4n) is 3.14. The summed E-state index contributed by atoms with van der Waals surface area (Å²) < 4.78 is 40.6. The molecule has 7 nitrogen and oxygen atoms in total. The summed E-state index contributed by atoms with van der Waals surface area (Å²) in [4.78, 5) is 4.52. The Kier molecular flexibility index (Phi) is 8.67. The van der Waals surface area contributed by atoms with Crippen LogP contribution in [-0.2, 0) is 12.1 Å². The first kappa shape index (κ1) is 24.5. The van der Waals surface area contributed by atoms with Gasteiger partial charge in [0.1, 0.15) is 17.1 Å². The van der Waals surface area contributed by atoms with Crippen LogP contribution < -0.4 is 20.1 Å². The Morgan fingerprint density at radius 3 is 2.52 bits per heavy atom. The molecule has 2 aromatic rings. The minimum Gasteiger partial charge on any atom is -0.490 e. The molecule has 1 aromatic heterocycles. The van der Waals surface area contributed by atoms with Crippen molar-refractivity contribution in [2.24, 2.45) is 4.99 Å². The second-order valence-corrected chi connectivity index (χ2v) is 7.24. The van der Waals surface area contributed by atoms with E-state index in [0.717, 1.165) is 11.3 Å². The quantitative estimate of drug-likeness (QED) is 0.385. The van der Waals surface area contributed by atoms with Crippen LogP contribution in [0.25, 0.3) is 0 Å². The summed E-state index contributed by atoms with van der Waals surface area (Å²) in [6.07, 6.45) is 0. The highest BCUT2D eigenvalue weighted by Crippen LogP contribution is 2.30. The van der Waals surface area contributed by atoms with Gasteiger partial charge >= 0.3 is 6.61 Å². The number of nitrogens with one attached hydrogen (secondary N) is 2. The number of rotatable bonds is 10. The third-order valence-corrected chi connectivity index (χ3v) is 4.51. The van der Waals surface area contributed by atoms with E-state index >= 15 is 0 Å². The number of furan rings is 1. The highest BCUT2D eigenvalue weighted by molar-refractivity contribution is 5.79. The number of aryl methyl sites for hydroxylation is 2. The number of guanidine groups is 1. The van der Waals surface area contributed by atoms with Crippen LogP contribution in [-0.4, -0.2) is 37.4 Å². The van der Waals surface area contributed by atoms with Crippen LogP contribution in [0.3, 0.4) is 0 Å². The fraction of sp³-hybridized carbons (Fsp3) is 0.500. The molecule has 31 heavy (non-hydrogen) atoms. The molecular formula is C22H31F2N3O4. The average molecular weight is 440 g/mol. The van der Waals surface area contributed by atoms with E-state index in [1.54, 1.807) is 26.0 Å². The van der Waals surface area contributed by atoms with Gasteiger partial charge in [-0.2, -0.15) is 8.78 Å². The Morgan fingerprint density at radius 2 is 1.94 bits per heavy atom. The van der Waals surface area contributed by atoms with E-state index in [4.69, 9.17) is 9.15 Å². The number of aliphatic imine (C=N–C) groups is 1. The maximum Gasteiger partial charge on any atom is 0.387 e. The summed E-state index contributed by atoms with van der Waals surface area (Å²) in [7, 11) is 0. The standard InChI is InChI=1S/C22H31F2N3O4/c1-6-25-21(27-13-22(5,28)17-10-14(3)30-15(17)4)26-12-16-8-9-18(31-20(23)24)19(11-16)29-7-2/h8-11,20,28H,6-7,12-13H2,1-5H3,(H2,25,26,27). The minimum absolute atomic E-state index is 0.0172. The molecule has 0 spiro atoms. The molecule has 0 amide bonds. The fourth-order valence-corrected chi connectivity index (χ4v) is 3.14. The van der Waals surface area contributed by atoms with Gasteiger partial charge in [-0.3, -0.25) is 0 Å². The van der Waals surface area contributed by atoms with E-state index in [1.165, 1.54) is 6.07 Å². The normalized spacial score (nSPS) is 13.8. The van der Waals surface area contributed by atoms with Gasteiger partial charge in [-0.25, -0.2) is 4.99 Å². The van der Waals surface area contributed by atoms with Crippen molar-refractivity contribution in [1.82, 2.24) is 10.6 Å². The van der Waals surface area contributed by atoms with Crippen molar-refractivity contribution in [3.63, 3.8) is 0 Å². The molecule has 172 valence electrons. The van der Waals surface area contributed by atoms with E-state index < -0.39 is 12.2 Å². The second-order valence-electron chi connectivity index (χ2n) is 7.24. The van der Waals surface area contributed by atoms with Gasteiger partial charge in [0.2, 0.25) is 0 Å². The topological polar surface area (TPSA) is 88.3 Å². The van der Waals surface area contributed by atoms with Gasteiger partial charge in [-0.05, 0) is 58.4 Å². The predicted molar refractivity (Wildman–Crippen MR) is 115 cm³/mol. The molecule has 0 fully saturated rings. The molecule has 1 aromatic carbocycles. The molecule has 1 heterocycles. The van der Waals surface area contributed by atoms with Gasteiger partial charge in [-0.15, -0.1) is 0 Å². The average Bonchev–Trinajstić information content (AvgIpc) is 3.04. The number of hydrogen-bond acceptors (Lipinski definition) is 5. The van der Waals surface area contributed by atoms with Crippen molar-refractivity contribution in [3.8, 4) is 11.5 Å². The number of ether oxygens (including phenoxy) is 2. The molecule has 0 aliphatic heterocycles. The van der Waals surface area contributed by atoms with Crippen LogP contribution in [0, 0.1) is 13.8 Å². The molecule has 0 saturated heterocycles. The van der Waals surface area contributed by atoms with Gasteiger partial charge in [0.05, 0.1) is 19.7 Å². The lowest BCUT2D eigenvalue weighted by Crippen LogP contribution is -2.44. The zero-order chi connectivity index (χ0) is 23.0. The lowest BCUT2D eigenvalue weighted by molar-refractivity contribution is -0.0514. The van der Waals surface area contributed by atoms with Crippen molar-refractivity contribution in [3.05, 3.63) is 46.9 Å². The Bertz CT molecular complexity index is 882. The predicted octanol–water partition coefficient (Wildman–Crippen LogP) is 3.86. The highest BCUT2D eigenvalue weighted by atomic mass is 19.3. The van der Waals surface area contributed by atoms with Crippen LogP contribution in [0.15, 0.2) is 33.7 Å². The summed E-state index contributed by atoms with van der Waals surface area (Å²) in [6.45, 7) is 7.55. The summed E-state index contributed by atoms with van der Waals surface area (Å²) >= 11 is 0. The van der Waals surface area contributed by atoms with Crippen LogP contribution in [0.2, 0.25) is 0 Å². The second kappa shape index (κ2) is 11.0. The SMILES string of the molecule is CCNC(=NCc1ccc(OC(F)F)c(OCC)c1)NCC(C)(O)c1cc(C)oc1C. The van der Waals surface area contributed by atoms with Gasteiger partial charge in [-0.1, -0.05) is 6.07 Å². The Hall–Kier alpha value is -2.81. The van der Waals surface area contributed by atoms with Gasteiger partial charge in [0, 0.05) is 12.1 Å². The molecule has 0 aliphatic rings. The summed E-state index contributed by atoms with van der Waals surface area (Å²) in [5, 5.41) is 17.1. The first-order chi connectivity index (χ1) is 14.7. The van der Waals surface area contributed by atoms with Crippen LogP contribution in [0.1, 0.15) is 43.4 Å². The first-order valence-electron chi connectivity index (χ1n) is 10.2. The van der Waals surface area contributed by atoms with E-state index in [0.29, 0.717) is 30.4 Å². The molecule has 0 saturated carbocycles. The Morgan fingerprint density at radius 1 is 1.19 bits per heavy atom. The lowest BCUT2D eigenvalue weighted by Gasteiger charge is -2.24. The van der Waals surface area contributed by atoms with Gasteiger partial charge in [0.15, 0.2) is 17.5 Å². The zero-order valence-corrected chi connectivity index (χ0v) is 18.6. The Balaban J connectivity index is 2.11. The molecule has 0 radical (unpaired) electrons. The van der Waals surface area contributed by atoms with Crippen molar-refractivity contribution in [2.45, 2.75) is 53.4 Å². The Labute approximate surface area is 181 Å². The van der Waals surface area contributed by atoms with Crippen LogP contribution >= 0.6 is 0 Å². The first-order valence-corrected chi connectivity index (χ1v) is 10.2. The van der Waals surface area contributed by atoms with Crippen molar-refractivity contribution in [2.75, 3.05) is 19.7 Å². The number of hydrogen-bond donors (Lipinski definition) is 3. The maximum atomic E-state index is 12.6. The molecule has 1 unspecified atom stereocenters. The summed E-state index contributed by atoms with van der Waals surface area (Å²) in [6, 6.07) is 6.54. The van der Waals surface area contributed by atoms with E-state index in [9.17, 15) is 13.9 Å². The maximum absolute atomic E-state index is 12.6. The molecule has 0 aliphatic carbocycles. The molecule has 1 atom stereocenters.